The average molecular weight is 377 g/mol. The van der Waals surface area contributed by atoms with Gasteiger partial charge >= 0.3 is 17.8 Å². The highest BCUT2D eigenvalue weighted by Gasteiger charge is 2.38. The van der Waals surface area contributed by atoms with Gasteiger partial charge in [0.15, 0.2) is 0 Å². The molecule has 0 aliphatic carbocycles. The Labute approximate surface area is 143 Å². The van der Waals surface area contributed by atoms with Crippen LogP contribution >= 0.6 is 0 Å². The summed E-state index contributed by atoms with van der Waals surface area (Å²) >= 11 is 0. The van der Waals surface area contributed by atoms with Crippen molar-refractivity contribution in [3.05, 3.63) is 32.6 Å². The Morgan fingerprint density at radius 2 is 2.15 bits per heavy atom. The van der Waals surface area contributed by atoms with Gasteiger partial charge in [0.25, 0.3) is 5.56 Å². The Bertz CT molecular complexity index is 850. The Morgan fingerprint density at radius 3 is 2.73 bits per heavy atom. The second-order valence-corrected chi connectivity index (χ2v) is 5.31. The van der Waals surface area contributed by atoms with Gasteiger partial charge in [-0.05, 0) is 0 Å². The summed E-state index contributed by atoms with van der Waals surface area (Å²) < 4.78 is 42.3. The largest absolute Gasteiger partial charge is 0.471 e. The molecule has 2 unspecified atom stereocenters. The molecule has 0 spiro atoms. The SMILES string of the molecule is O=C(NCC#Cc1cn(C2C[C@H](O)C(CO)O2)c(=O)[nH]c1=O)C(F)(F)F. The Hall–Kier alpha value is -2.62. The van der Waals surface area contributed by atoms with Gasteiger partial charge in [0, 0.05) is 12.6 Å². The van der Waals surface area contributed by atoms with Crippen LogP contribution in [-0.4, -0.2) is 57.2 Å². The van der Waals surface area contributed by atoms with Crippen LogP contribution < -0.4 is 16.6 Å². The van der Waals surface area contributed by atoms with Crippen molar-refractivity contribution >= 4 is 5.91 Å². The maximum Gasteiger partial charge on any atom is 0.471 e. The topological polar surface area (TPSA) is 134 Å². The van der Waals surface area contributed by atoms with E-state index in [1.165, 1.54) is 5.32 Å². The number of ether oxygens (including phenoxy) is 1. The van der Waals surface area contributed by atoms with Crippen LogP contribution in [0.4, 0.5) is 13.2 Å². The molecule has 2 rings (SSSR count). The Balaban J connectivity index is 2.17. The summed E-state index contributed by atoms with van der Waals surface area (Å²) in [7, 11) is 0. The normalized spacial score (nSPS) is 22.6. The van der Waals surface area contributed by atoms with Gasteiger partial charge in [-0.25, -0.2) is 4.79 Å². The zero-order chi connectivity index (χ0) is 19.5. The first-order valence-electron chi connectivity index (χ1n) is 7.27. The van der Waals surface area contributed by atoms with Crippen LogP contribution in [0, 0.1) is 11.8 Å². The van der Waals surface area contributed by atoms with Gasteiger partial charge in [0.05, 0.1) is 19.3 Å². The van der Waals surface area contributed by atoms with Crippen LogP contribution in [0.1, 0.15) is 18.2 Å². The third-order valence-electron chi connectivity index (χ3n) is 3.48. The lowest BCUT2D eigenvalue weighted by Crippen LogP contribution is -2.37. The van der Waals surface area contributed by atoms with E-state index >= 15 is 0 Å². The fourth-order valence-electron chi connectivity index (χ4n) is 2.20. The van der Waals surface area contributed by atoms with Crippen molar-refractivity contribution in [2.75, 3.05) is 13.2 Å². The summed E-state index contributed by atoms with van der Waals surface area (Å²) in [4.78, 5) is 36.2. The number of alkyl halides is 3. The molecule has 12 heteroatoms. The molecule has 1 aromatic heterocycles. The van der Waals surface area contributed by atoms with E-state index in [1.807, 2.05) is 4.98 Å². The highest BCUT2D eigenvalue weighted by molar-refractivity contribution is 5.81. The fourth-order valence-corrected chi connectivity index (χ4v) is 2.20. The van der Waals surface area contributed by atoms with Gasteiger partial charge < -0.3 is 20.3 Å². The van der Waals surface area contributed by atoms with E-state index in [9.17, 15) is 32.7 Å². The van der Waals surface area contributed by atoms with Gasteiger partial charge in [0.2, 0.25) is 0 Å². The van der Waals surface area contributed by atoms with Gasteiger partial charge in [-0.15, -0.1) is 0 Å². The number of nitrogens with one attached hydrogen (secondary N) is 2. The smallest absolute Gasteiger partial charge is 0.394 e. The molecule has 142 valence electrons. The number of aromatic amines is 1. The maximum absolute atomic E-state index is 12.0. The zero-order valence-electron chi connectivity index (χ0n) is 13.0. The predicted molar refractivity (Wildman–Crippen MR) is 78.9 cm³/mol. The number of carbonyl (C=O) groups excluding carboxylic acids is 1. The molecule has 3 atom stereocenters. The molecular weight excluding hydrogens is 363 g/mol. The first-order valence-corrected chi connectivity index (χ1v) is 7.27. The van der Waals surface area contributed by atoms with Gasteiger partial charge in [-0.3, -0.25) is 19.1 Å². The highest BCUT2D eigenvalue weighted by atomic mass is 19.4. The molecule has 4 N–H and O–H groups in total. The van der Waals surface area contributed by atoms with Crippen molar-refractivity contribution in [3.8, 4) is 11.8 Å². The van der Waals surface area contributed by atoms with Crippen LogP contribution in [0.2, 0.25) is 0 Å². The molecule has 1 aliphatic rings. The van der Waals surface area contributed by atoms with Crippen molar-refractivity contribution < 1.29 is 32.9 Å². The molecule has 1 saturated heterocycles. The molecule has 2 heterocycles. The second-order valence-electron chi connectivity index (χ2n) is 5.31. The molecule has 1 aromatic rings. The number of aliphatic hydroxyl groups is 2. The first kappa shape index (κ1) is 19.7. The molecule has 26 heavy (non-hydrogen) atoms. The van der Waals surface area contributed by atoms with E-state index in [1.54, 1.807) is 0 Å². The summed E-state index contributed by atoms with van der Waals surface area (Å²) in [5, 5.41) is 20.3. The zero-order valence-corrected chi connectivity index (χ0v) is 13.0. The first-order chi connectivity index (χ1) is 12.1. The number of hydrogen-bond acceptors (Lipinski definition) is 6. The molecule has 1 fully saturated rings. The number of H-pyrrole nitrogens is 1. The van der Waals surface area contributed by atoms with Crippen LogP contribution in [0.5, 0.6) is 0 Å². The van der Waals surface area contributed by atoms with Gasteiger partial charge in [-0.1, -0.05) is 11.8 Å². The van der Waals surface area contributed by atoms with Gasteiger partial charge in [-0.2, -0.15) is 13.2 Å². The van der Waals surface area contributed by atoms with Crippen molar-refractivity contribution in [2.45, 2.75) is 31.0 Å². The molecule has 9 nitrogen and oxygen atoms in total. The standard InChI is InChI=1S/C14H14F3N3O6/c15-14(16,17)12(24)18-3-1-2-7-5-20(13(25)19-11(7)23)10-4-8(22)9(6-21)26-10/h5,8-10,21-22H,3-4,6H2,(H,18,24)(H,19,23,25)/t8-,9?,10?/m0/s1. The second kappa shape index (κ2) is 7.73. The third-order valence-corrected chi connectivity index (χ3v) is 3.48. The van der Waals surface area contributed by atoms with E-state index in [0.29, 0.717) is 0 Å². The lowest BCUT2D eigenvalue weighted by Gasteiger charge is -2.14. The molecule has 0 bridgehead atoms. The van der Waals surface area contributed by atoms with Crippen molar-refractivity contribution in [2.24, 2.45) is 0 Å². The monoisotopic (exact) mass is 377 g/mol. The molecule has 0 saturated carbocycles. The lowest BCUT2D eigenvalue weighted by molar-refractivity contribution is -0.173. The van der Waals surface area contributed by atoms with Crippen LogP contribution in [0.25, 0.3) is 0 Å². The van der Waals surface area contributed by atoms with Crippen LogP contribution in [-0.2, 0) is 9.53 Å². The van der Waals surface area contributed by atoms with Crippen molar-refractivity contribution in [1.82, 2.24) is 14.9 Å². The third kappa shape index (κ3) is 4.51. The number of aromatic nitrogens is 2. The number of carbonyl (C=O) groups is 1. The molecule has 1 aliphatic heterocycles. The summed E-state index contributed by atoms with van der Waals surface area (Å²) in [6, 6.07) is 0. The molecule has 1 amide bonds. The number of aliphatic hydroxyl groups excluding tert-OH is 2. The summed E-state index contributed by atoms with van der Waals surface area (Å²) in [6.45, 7) is -1.14. The number of halogens is 3. The Kier molecular flexibility index (Phi) is 5.86. The van der Waals surface area contributed by atoms with Crippen molar-refractivity contribution in [1.29, 1.82) is 0 Å². The fraction of sp³-hybridized carbons (Fsp3) is 0.500. The average Bonchev–Trinajstić information content (AvgIpc) is 2.92. The molecule has 0 aromatic carbocycles. The van der Waals surface area contributed by atoms with E-state index < -0.39 is 54.9 Å². The van der Waals surface area contributed by atoms with E-state index in [-0.39, 0.29) is 12.0 Å². The molecular formula is C14H14F3N3O6. The highest BCUT2D eigenvalue weighted by Crippen LogP contribution is 2.27. The minimum atomic E-state index is -5.05. The Morgan fingerprint density at radius 1 is 1.46 bits per heavy atom. The van der Waals surface area contributed by atoms with Crippen LogP contribution in [0.3, 0.4) is 0 Å². The number of rotatable bonds is 3. The minimum absolute atomic E-state index is 0.0221. The predicted octanol–water partition coefficient (Wildman–Crippen LogP) is -1.79. The number of nitrogens with zero attached hydrogens (tertiary/aromatic N) is 1. The minimum Gasteiger partial charge on any atom is -0.394 e. The number of hydrogen-bond donors (Lipinski definition) is 4. The quantitative estimate of drug-likeness (QED) is 0.460. The van der Waals surface area contributed by atoms with E-state index in [4.69, 9.17) is 9.84 Å². The van der Waals surface area contributed by atoms with Gasteiger partial charge in [0.1, 0.15) is 17.9 Å². The summed E-state index contributed by atoms with van der Waals surface area (Å²) in [6.07, 6.45) is -6.92. The van der Waals surface area contributed by atoms with Crippen molar-refractivity contribution in [3.63, 3.8) is 0 Å². The van der Waals surface area contributed by atoms with Crippen LogP contribution in [0.15, 0.2) is 15.8 Å². The maximum atomic E-state index is 12.0. The lowest BCUT2D eigenvalue weighted by atomic mass is 10.2. The molecule has 0 radical (unpaired) electrons. The van der Waals surface area contributed by atoms with E-state index in [2.05, 4.69) is 11.8 Å². The summed E-state index contributed by atoms with van der Waals surface area (Å²) in [5.74, 6) is 2.24. The summed E-state index contributed by atoms with van der Waals surface area (Å²) in [5.41, 5.74) is -1.98. The number of amides is 1. The van der Waals surface area contributed by atoms with E-state index in [0.717, 1.165) is 10.8 Å².